The summed E-state index contributed by atoms with van der Waals surface area (Å²) in [6, 6.07) is 8.61. The van der Waals surface area contributed by atoms with Gasteiger partial charge in [-0.05, 0) is 12.0 Å². The fourth-order valence-corrected chi connectivity index (χ4v) is 4.26. The summed E-state index contributed by atoms with van der Waals surface area (Å²) in [6.07, 6.45) is 0.376. The molecule has 0 saturated heterocycles. The number of hydrogen-bond acceptors (Lipinski definition) is 12. The molecule has 0 aliphatic rings. The monoisotopic (exact) mass is 640 g/mol. The first kappa shape index (κ1) is 37.2. The highest BCUT2D eigenvalue weighted by atomic mass is 16.7. The van der Waals surface area contributed by atoms with Gasteiger partial charge >= 0.3 is 11.9 Å². The number of carbonyl (C=O) groups excluding carboxylic acids is 7. The second-order valence-electron chi connectivity index (χ2n) is 11.1. The molecule has 248 valence electrons. The van der Waals surface area contributed by atoms with Gasteiger partial charge in [-0.2, -0.15) is 0 Å². The summed E-state index contributed by atoms with van der Waals surface area (Å²) in [5.41, 5.74) is 0.363. The number of aromatic nitrogens is 1. The maximum Gasteiger partial charge on any atom is 0.311 e. The lowest BCUT2D eigenvalue weighted by molar-refractivity contribution is -0.162. The number of nitrogens with one attached hydrogen (secondary N) is 1. The van der Waals surface area contributed by atoms with Crippen LogP contribution >= 0.6 is 0 Å². The smallest absolute Gasteiger partial charge is 0.311 e. The van der Waals surface area contributed by atoms with Gasteiger partial charge in [0.15, 0.2) is 17.2 Å². The molecule has 1 N–H and O–H groups in total. The lowest BCUT2D eigenvalue weighted by Crippen LogP contribution is -2.49. The first-order chi connectivity index (χ1) is 21.9. The lowest BCUT2D eigenvalue weighted by Gasteiger charge is -2.29. The Kier molecular flexibility index (Phi) is 14.7. The minimum Gasteiger partial charge on any atom is -0.493 e. The standard InChI is InChI=1S/C33H40N2O11/c1-19(2)32(41)45-18-44-30-25(43-6)12-14-34-26(30)31(40)35-24(13-15-36)28(39)27(38)21(5)29(46-33(42)20(3)4)23(17-37)16-22-10-8-7-9-11-22/h7-12,14-15,17,19-21,23-24,29H,13,16,18H2,1-6H3,(H,35,40)/t21-,23-,24+,29-/m0/s1. The summed E-state index contributed by atoms with van der Waals surface area (Å²) in [6.45, 7) is 7.17. The van der Waals surface area contributed by atoms with Crippen molar-refractivity contribution < 1.29 is 52.5 Å². The molecule has 13 heteroatoms. The maximum absolute atomic E-state index is 13.5. The lowest BCUT2D eigenvalue weighted by atomic mass is 9.83. The van der Waals surface area contributed by atoms with Crippen LogP contribution in [-0.2, 0) is 44.7 Å². The van der Waals surface area contributed by atoms with Gasteiger partial charge in [-0.15, -0.1) is 0 Å². The average Bonchev–Trinajstić information content (AvgIpc) is 3.05. The Morgan fingerprint density at radius 2 is 1.54 bits per heavy atom. The Morgan fingerprint density at radius 3 is 2.11 bits per heavy atom. The molecule has 4 atom stereocenters. The van der Waals surface area contributed by atoms with Gasteiger partial charge in [-0.1, -0.05) is 65.0 Å². The highest BCUT2D eigenvalue weighted by Gasteiger charge is 2.40. The number of esters is 2. The van der Waals surface area contributed by atoms with E-state index in [-0.39, 0.29) is 23.6 Å². The molecule has 13 nitrogen and oxygen atoms in total. The Labute approximate surface area is 267 Å². The van der Waals surface area contributed by atoms with Gasteiger partial charge in [0.2, 0.25) is 18.4 Å². The predicted octanol–water partition coefficient (Wildman–Crippen LogP) is 2.71. The van der Waals surface area contributed by atoms with E-state index in [1.807, 2.05) is 0 Å². The highest BCUT2D eigenvalue weighted by molar-refractivity contribution is 6.40. The van der Waals surface area contributed by atoms with Crippen molar-refractivity contribution in [3.05, 3.63) is 53.9 Å². The molecular formula is C33H40N2O11. The molecule has 0 aliphatic carbocycles. The van der Waals surface area contributed by atoms with Crippen molar-refractivity contribution in [1.29, 1.82) is 0 Å². The van der Waals surface area contributed by atoms with Gasteiger partial charge in [0.1, 0.15) is 24.7 Å². The molecular weight excluding hydrogens is 600 g/mol. The zero-order valence-electron chi connectivity index (χ0n) is 26.7. The molecule has 1 heterocycles. The molecule has 0 saturated carbocycles. The van der Waals surface area contributed by atoms with Crippen molar-refractivity contribution in [2.45, 2.75) is 59.6 Å². The molecule has 1 amide bonds. The number of carbonyl (C=O) groups is 7. The fourth-order valence-electron chi connectivity index (χ4n) is 4.26. The van der Waals surface area contributed by atoms with E-state index in [4.69, 9.17) is 18.9 Å². The van der Waals surface area contributed by atoms with E-state index in [9.17, 15) is 33.6 Å². The second kappa shape index (κ2) is 18.1. The van der Waals surface area contributed by atoms with Crippen LogP contribution in [0.5, 0.6) is 11.5 Å². The number of benzene rings is 1. The van der Waals surface area contributed by atoms with Crippen LogP contribution in [0.1, 0.15) is 57.1 Å². The first-order valence-electron chi connectivity index (χ1n) is 14.7. The summed E-state index contributed by atoms with van der Waals surface area (Å²) >= 11 is 0. The van der Waals surface area contributed by atoms with Crippen LogP contribution in [0.15, 0.2) is 42.6 Å². The van der Waals surface area contributed by atoms with Crippen LogP contribution < -0.4 is 14.8 Å². The quantitative estimate of drug-likeness (QED) is 0.103. The largest absolute Gasteiger partial charge is 0.493 e. The van der Waals surface area contributed by atoms with Gasteiger partial charge in [0.05, 0.1) is 30.8 Å². The van der Waals surface area contributed by atoms with E-state index < -0.39 is 78.4 Å². The number of ketones is 2. The zero-order chi connectivity index (χ0) is 34.4. The van der Waals surface area contributed by atoms with Crippen LogP contribution in [0.2, 0.25) is 0 Å². The molecule has 0 spiro atoms. The molecule has 0 aliphatic heterocycles. The SMILES string of the molecule is COc1ccnc(C(=O)N[C@H](CC=O)C(=O)C(=O)[C@H](C)[C@H](OC(=O)C(C)C)[C@H](C=O)Cc2ccccc2)c1OCOC(=O)C(C)C. The summed E-state index contributed by atoms with van der Waals surface area (Å²) in [4.78, 5) is 92.5. The minimum absolute atomic E-state index is 0.0526. The summed E-state index contributed by atoms with van der Waals surface area (Å²) in [7, 11) is 1.30. The number of nitrogens with zero attached hydrogens (tertiary/aromatic N) is 1. The van der Waals surface area contributed by atoms with Gasteiger partial charge < -0.3 is 33.9 Å². The Balaban J connectivity index is 2.34. The maximum atomic E-state index is 13.5. The minimum atomic E-state index is -1.63. The van der Waals surface area contributed by atoms with E-state index in [1.165, 1.54) is 26.3 Å². The summed E-state index contributed by atoms with van der Waals surface area (Å²) in [5, 5.41) is 2.34. The average molecular weight is 641 g/mol. The van der Waals surface area contributed by atoms with Crippen molar-refractivity contribution in [3.8, 4) is 11.5 Å². The number of ether oxygens (including phenoxy) is 4. The number of aldehydes is 2. The summed E-state index contributed by atoms with van der Waals surface area (Å²) in [5.74, 6) is -7.94. The van der Waals surface area contributed by atoms with Crippen molar-refractivity contribution in [2.24, 2.45) is 23.7 Å². The molecule has 2 rings (SSSR count). The topological polar surface area (TPSA) is 181 Å². The third-order valence-corrected chi connectivity index (χ3v) is 6.92. The van der Waals surface area contributed by atoms with Gasteiger partial charge in [-0.3, -0.25) is 24.0 Å². The van der Waals surface area contributed by atoms with Crippen LogP contribution in [0, 0.1) is 23.7 Å². The number of amides is 1. The van der Waals surface area contributed by atoms with E-state index in [0.717, 1.165) is 5.56 Å². The number of hydrogen-bond donors (Lipinski definition) is 1. The first-order valence-corrected chi connectivity index (χ1v) is 14.7. The van der Waals surface area contributed by atoms with Gasteiger partial charge in [0, 0.05) is 18.7 Å². The second-order valence-corrected chi connectivity index (χ2v) is 11.1. The van der Waals surface area contributed by atoms with E-state index >= 15 is 0 Å². The van der Waals surface area contributed by atoms with E-state index in [0.29, 0.717) is 12.6 Å². The molecule has 2 aromatic rings. The molecule has 0 bridgehead atoms. The molecule has 1 aromatic carbocycles. The zero-order valence-corrected chi connectivity index (χ0v) is 26.7. The normalized spacial score (nSPS) is 13.5. The Morgan fingerprint density at radius 1 is 0.891 bits per heavy atom. The Bertz CT molecular complexity index is 1390. The van der Waals surface area contributed by atoms with Crippen molar-refractivity contribution >= 4 is 42.0 Å². The molecule has 0 radical (unpaired) electrons. The number of Topliss-reactive ketones (excluding diaryl/α,β-unsaturated/α-hetero) is 2. The van der Waals surface area contributed by atoms with Crippen molar-refractivity contribution in [2.75, 3.05) is 13.9 Å². The third-order valence-electron chi connectivity index (χ3n) is 6.92. The van der Waals surface area contributed by atoms with Gasteiger partial charge in [0.25, 0.3) is 5.91 Å². The van der Waals surface area contributed by atoms with Crippen LogP contribution in [0.25, 0.3) is 0 Å². The number of rotatable bonds is 19. The molecule has 0 unspecified atom stereocenters. The predicted molar refractivity (Wildman–Crippen MR) is 163 cm³/mol. The fraction of sp³-hybridized carbons (Fsp3) is 0.455. The number of methoxy groups -OCH3 is 1. The molecule has 46 heavy (non-hydrogen) atoms. The van der Waals surface area contributed by atoms with Crippen LogP contribution in [0.3, 0.4) is 0 Å². The summed E-state index contributed by atoms with van der Waals surface area (Å²) < 4.78 is 21.3. The van der Waals surface area contributed by atoms with Crippen molar-refractivity contribution in [1.82, 2.24) is 10.3 Å². The van der Waals surface area contributed by atoms with Crippen LogP contribution in [0.4, 0.5) is 0 Å². The third kappa shape index (κ3) is 10.3. The van der Waals surface area contributed by atoms with E-state index in [1.54, 1.807) is 58.0 Å². The highest BCUT2D eigenvalue weighted by Crippen LogP contribution is 2.30. The molecule has 1 aromatic heterocycles. The Hall–Kier alpha value is -4.94. The van der Waals surface area contributed by atoms with Gasteiger partial charge in [-0.25, -0.2) is 4.98 Å². The van der Waals surface area contributed by atoms with E-state index in [2.05, 4.69) is 10.3 Å². The van der Waals surface area contributed by atoms with Crippen molar-refractivity contribution in [3.63, 3.8) is 0 Å². The molecule has 0 fully saturated rings. The number of pyridine rings is 1. The van der Waals surface area contributed by atoms with Crippen LogP contribution in [-0.4, -0.2) is 73.0 Å².